The Morgan fingerprint density at radius 2 is 1.75 bits per heavy atom. The Kier molecular flexibility index (Phi) is 4.79. The lowest BCUT2D eigenvalue weighted by molar-refractivity contribution is -0.274. The molecule has 0 spiro atoms. The monoisotopic (exact) mass is 384 g/mol. The Morgan fingerprint density at radius 1 is 1.11 bits per heavy atom. The van der Waals surface area contributed by atoms with Crippen LogP contribution in [0, 0.1) is 45.3 Å². The second kappa shape index (κ2) is 6.94. The topological polar surface area (TPSA) is 107 Å². The molecule has 0 radical (unpaired) electrons. The van der Waals surface area contributed by atoms with Crippen molar-refractivity contribution in [2.24, 2.45) is 17.1 Å². The van der Waals surface area contributed by atoms with Crippen molar-refractivity contribution in [2.45, 2.75) is 31.5 Å². The van der Waals surface area contributed by atoms with Crippen LogP contribution >= 0.6 is 0 Å². The maximum Gasteiger partial charge on any atom is 0.573 e. The third kappa shape index (κ3) is 3.06. The molecule has 2 aliphatic rings. The van der Waals surface area contributed by atoms with Gasteiger partial charge in [0, 0.05) is 5.92 Å². The smallest absolute Gasteiger partial charge is 0.406 e. The summed E-state index contributed by atoms with van der Waals surface area (Å²) >= 11 is 0. The Hall–Kier alpha value is -3.44. The van der Waals surface area contributed by atoms with Crippen LogP contribution in [0.2, 0.25) is 0 Å². The van der Waals surface area contributed by atoms with Crippen LogP contribution in [0.4, 0.5) is 13.2 Å². The van der Waals surface area contributed by atoms with E-state index in [1.54, 1.807) is 0 Å². The molecule has 0 unspecified atom stereocenters. The van der Waals surface area contributed by atoms with Gasteiger partial charge in [-0.2, -0.15) is 15.8 Å². The fourth-order valence-electron chi connectivity index (χ4n) is 4.13. The van der Waals surface area contributed by atoms with Gasteiger partial charge in [-0.3, -0.25) is 0 Å². The molecular formula is C20H15F3N4O. The second-order valence-corrected chi connectivity index (χ2v) is 6.72. The second-order valence-electron chi connectivity index (χ2n) is 6.72. The van der Waals surface area contributed by atoms with Crippen LogP contribution in [-0.4, -0.2) is 6.36 Å². The van der Waals surface area contributed by atoms with Gasteiger partial charge in [-0.25, -0.2) is 0 Å². The first kappa shape index (κ1) is 19.3. The third-order valence-corrected chi connectivity index (χ3v) is 5.27. The number of allylic oxidation sites excluding steroid dienone is 4. The molecule has 0 aromatic heterocycles. The Labute approximate surface area is 159 Å². The highest BCUT2D eigenvalue weighted by atomic mass is 19.4. The zero-order valence-electron chi connectivity index (χ0n) is 14.6. The highest BCUT2D eigenvalue weighted by Gasteiger charge is 2.53. The Morgan fingerprint density at radius 3 is 2.29 bits per heavy atom. The Balaban J connectivity index is 2.15. The number of nitriles is 3. The molecule has 142 valence electrons. The summed E-state index contributed by atoms with van der Waals surface area (Å²) in [5.74, 6) is -1.40. The van der Waals surface area contributed by atoms with E-state index in [1.165, 1.54) is 12.1 Å². The summed E-state index contributed by atoms with van der Waals surface area (Å²) in [6.45, 7) is 0. The van der Waals surface area contributed by atoms with E-state index in [0.717, 1.165) is 25.0 Å². The molecule has 2 aliphatic carbocycles. The van der Waals surface area contributed by atoms with Crippen LogP contribution in [0.1, 0.15) is 30.7 Å². The number of alkyl halides is 3. The average Bonchev–Trinajstić information content (AvgIpc) is 2.67. The summed E-state index contributed by atoms with van der Waals surface area (Å²) in [4.78, 5) is 0. The molecule has 0 heterocycles. The summed E-state index contributed by atoms with van der Waals surface area (Å²) in [5, 5.41) is 29.3. The zero-order chi connectivity index (χ0) is 20.5. The number of benzene rings is 1. The minimum atomic E-state index is -4.82. The van der Waals surface area contributed by atoms with Gasteiger partial charge in [0.25, 0.3) is 0 Å². The van der Waals surface area contributed by atoms with Crippen LogP contribution in [0.25, 0.3) is 0 Å². The van der Waals surface area contributed by atoms with Crippen molar-refractivity contribution in [3.63, 3.8) is 0 Å². The number of fused-ring (bicyclic) bond motifs is 1. The number of ether oxygens (including phenoxy) is 1. The summed E-state index contributed by atoms with van der Waals surface area (Å²) in [6, 6.07) is 11.1. The lowest BCUT2D eigenvalue weighted by atomic mass is 9.57. The molecule has 1 aromatic rings. The van der Waals surface area contributed by atoms with E-state index >= 15 is 0 Å². The van der Waals surface area contributed by atoms with Crippen LogP contribution < -0.4 is 10.5 Å². The first-order valence-corrected chi connectivity index (χ1v) is 8.56. The van der Waals surface area contributed by atoms with E-state index in [-0.39, 0.29) is 17.2 Å². The van der Waals surface area contributed by atoms with Gasteiger partial charge in [-0.1, -0.05) is 18.2 Å². The minimum absolute atomic E-state index is 0.106. The number of hydrogen-bond acceptors (Lipinski definition) is 5. The summed E-state index contributed by atoms with van der Waals surface area (Å²) in [5.41, 5.74) is 5.60. The first-order valence-electron chi connectivity index (χ1n) is 8.56. The SMILES string of the molecule is N#CC1=C(N)C(C#N)(C#N)[C@H](c2ccc(OC(F)(F)F)cc2)[C@@H]2CCCC=C12. The summed E-state index contributed by atoms with van der Waals surface area (Å²) in [7, 11) is 0. The van der Waals surface area contributed by atoms with Crippen LogP contribution in [0.3, 0.4) is 0 Å². The lowest BCUT2D eigenvalue weighted by Crippen LogP contribution is -2.42. The molecule has 5 nitrogen and oxygen atoms in total. The highest BCUT2D eigenvalue weighted by Crippen LogP contribution is 2.55. The fraction of sp³-hybridized carbons (Fsp3) is 0.350. The predicted octanol–water partition coefficient (Wildman–Crippen LogP) is 4.18. The predicted molar refractivity (Wildman–Crippen MR) is 91.8 cm³/mol. The van der Waals surface area contributed by atoms with Crippen molar-refractivity contribution in [3.05, 3.63) is 52.7 Å². The number of nitrogens with two attached hydrogens (primary N) is 1. The standard InChI is InChI=1S/C20H15F3N4O/c21-20(22,23)28-13-7-5-12(6-8-13)17-15-4-2-1-3-14(15)16(9-24)18(27)19(17,10-25)11-26/h3,5-8,15,17H,1-2,4,27H2/t15-,17-/m1/s1. The quantitative estimate of drug-likeness (QED) is 0.823. The van der Waals surface area contributed by atoms with Crippen molar-refractivity contribution < 1.29 is 17.9 Å². The number of rotatable bonds is 2. The average molecular weight is 384 g/mol. The molecule has 0 saturated heterocycles. The molecule has 0 saturated carbocycles. The molecule has 2 atom stereocenters. The minimum Gasteiger partial charge on any atom is -0.406 e. The molecule has 8 heteroatoms. The van der Waals surface area contributed by atoms with Gasteiger partial charge < -0.3 is 10.5 Å². The van der Waals surface area contributed by atoms with Crippen LogP contribution in [0.15, 0.2) is 47.2 Å². The summed E-state index contributed by atoms with van der Waals surface area (Å²) in [6.07, 6.45) is -0.718. The van der Waals surface area contributed by atoms with Crippen molar-refractivity contribution in [2.75, 3.05) is 0 Å². The maximum atomic E-state index is 12.4. The number of hydrogen-bond donors (Lipinski definition) is 1. The molecule has 1 aromatic carbocycles. The maximum absolute atomic E-state index is 12.4. The number of nitrogens with zero attached hydrogens (tertiary/aromatic N) is 3. The molecular weight excluding hydrogens is 369 g/mol. The normalized spacial score (nSPS) is 23.5. The van der Waals surface area contributed by atoms with Crippen molar-refractivity contribution in [1.29, 1.82) is 15.8 Å². The molecule has 3 rings (SSSR count). The molecule has 0 bridgehead atoms. The first-order chi connectivity index (χ1) is 13.3. The molecule has 0 fully saturated rings. The van der Waals surface area contributed by atoms with Crippen molar-refractivity contribution >= 4 is 0 Å². The van der Waals surface area contributed by atoms with Gasteiger partial charge in [0.2, 0.25) is 0 Å². The Bertz CT molecular complexity index is 957. The van der Waals surface area contributed by atoms with E-state index in [0.29, 0.717) is 17.6 Å². The lowest BCUT2D eigenvalue weighted by Gasteiger charge is -2.43. The van der Waals surface area contributed by atoms with Gasteiger partial charge in [-0.05, 0) is 48.4 Å². The van der Waals surface area contributed by atoms with Gasteiger partial charge in [-0.15, -0.1) is 13.2 Å². The number of halogens is 3. The van der Waals surface area contributed by atoms with E-state index < -0.39 is 23.4 Å². The van der Waals surface area contributed by atoms with Crippen molar-refractivity contribution in [3.8, 4) is 24.0 Å². The van der Waals surface area contributed by atoms with E-state index in [2.05, 4.69) is 4.74 Å². The highest BCUT2D eigenvalue weighted by molar-refractivity contribution is 5.59. The van der Waals surface area contributed by atoms with Crippen LogP contribution in [-0.2, 0) is 0 Å². The zero-order valence-corrected chi connectivity index (χ0v) is 14.6. The molecule has 0 aliphatic heterocycles. The van der Waals surface area contributed by atoms with Crippen molar-refractivity contribution in [1.82, 2.24) is 0 Å². The molecule has 2 N–H and O–H groups in total. The van der Waals surface area contributed by atoms with E-state index in [4.69, 9.17) is 5.73 Å². The summed E-state index contributed by atoms with van der Waals surface area (Å²) < 4.78 is 41.1. The third-order valence-electron chi connectivity index (χ3n) is 5.27. The fourth-order valence-corrected chi connectivity index (χ4v) is 4.13. The van der Waals surface area contributed by atoms with Crippen LogP contribution in [0.5, 0.6) is 5.75 Å². The largest absolute Gasteiger partial charge is 0.573 e. The van der Waals surface area contributed by atoms with Gasteiger partial charge in [0.1, 0.15) is 11.8 Å². The van der Waals surface area contributed by atoms with Gasteiger partial charge in [0.15, 0.2) is 5.41 Å². The van der Waals surface area contributed by atoms with E-state index in [9.17, 15) is 29.0 Å². The van der Waals surface area contributed by atoms with E-state index in [1.807, 2.05) is 24.3 Å². The van der Waals surface area contributed by atoms with Gasteiger partial charge in [0.05, 0.1) is 23.4 Å². The molecule has 28 heavy (non-hydrogen) atoms. The van der Waals surface area contributed by atoms with Gasteiger partial charge >= 0.3 is 6.36 Å². The molecule has 0 amide bonds.